The van der Waals surface area contributed by atoms with Crippen LogP contribution in [0.25, 0.3) is 0 Å². The van der Waals surface area contributed by atoms with Crippen LogP contribution in [0.15, 0.2) is 42.5 Å². The summed E-state index contributed by atoms with van der Waals surface area (Å²) in [6.07, 6.45) is 1.14. The predicted octanol–water partition coefficient (Wildman–Crippen LogP) is 3.05. The summed E-state index contributed by atoms with van der Waals surface area (Å²) in [7, 11) is 0. The molecule has 2 aromatic carbocycles. The molecule has 0 atom stereocenters. The lowest BCUT2D eigenvalue weighted by molar-refractivity contribution is 0.238. The number of nitrogens with one attached hydrogen (secondary N) is 1. The van der Waals surface area contributed by atoms with Gasteiger partial charge >= 0.3 is 0 Å². The summed E-state index contributed by atoms with van der Waals surface area (Å²) >= 11 is 0. The van der Waals surface area contributed by atoms with Crippen LogP contribution >= 0.6 is 0 Å². The van der Waals surface area contributed by atoms with Gasteiger partial charge in [-0.25, -0.2) is 0 Å². The van der Waals surface area contributed by atoms with E-state index in [9.17, 15) is 0 Å². The number of hydrogen-bond acceptors (Lipinski definition) is 3. The van der Waals surface area contributed by atoms with E-state index in [1.807, 2.05) is 0 Å². The maximum atomic E-state index is 5.88. The molecular weight excluding hydrogens is 260 g/mol. The summed E-state index contributed by atoms with van der Waals surface area (Å²) in [6, 6.07) is 15.2. The highest BCUT2D eigenvalue weighted by molar-refractivity contribution is 5.61. The Kier molecular flexibility index (Phi) is 3.28. The zero-order valence-electron chi connectivity index (χ0n) is 12.1. The first-order valence-corrected chi connectivity index (χ1v) is 7.68. The molecule has 2 aromatic rings. The maximum Gasteiger partial charge on any atom is 0.146 e. The summed E-state index contributed by atoms with van der Waals surface area (Å²) in [5.41, 5.74) is 5.39. The molecule has 0 bridgehead atoms. The van der Waals surface area contributed by atoms with Gasteiger partial charge in [0.1, 0.15) is 12.4 Å². The maximum absolute atomic E-state index is 5.88. The van der Waals surface area contributed by atoms with Crippen molar-refractivity contribution >= 4 is 5.69 Å². The van der Waals surface area contributed by atoms with Gasteiger partial charge in [-0.15, -0.1) is 0 Å². The molecule has 3 heteroatoms. The first-order chi connectivity index (χ1) is 10.4. The van der Waals surface area contributed by atoms with Crippen molar-refractivity contribution in [2.24, 2.45) is 0 Å². The van der Waals surface area contributed by atoms with E-state index < -0.39 is 0 Å². The van der Waals surface area contributed by atoms with Crippen LogP contribution in [-0.4, -0.2) is 24.6 Å². The van der Waals surface area contributed by atoms with Crippen LogP contribution in [0, 0.1) is 0 Å². The van der Waals surface area contributed by atoms with Crippen molar-refractivity contribution in [2.45, 2.75) is 19.5 Å². The second-order valence-electron chi connectivity index (χ2n) is 5.80. The third-order valence-electron chi connectivity index (χ3n) is 4.36. The molecule has 0 unspecified atom stereocenters. The second-order valence-corrected chi connectivity index (χ2v) is 5.80. The number of para-hydroxylation sites is 1. The Morgan fingerprint density at radius 1 is 1.05 bits per heavy atom. The Bertz CT molecular complexity index is 653. The molecule has 0 saturated carbocycles. The fourth-order valence-corrected chi connectivity index (χ4v) is 3.29. The Hall–Kier alpha value is -2.00. The molecule has 108 valence electrons. The van der Waals surface area contributed by atoms with E-state index in [2.05, 4.69) is 52.7 Å². The molecule has 21 heavy (non-hydrogen) atoms. The minimum Gasteiger partial charge on any atom is -0.489 e. The van der Waals surface area contributed by atoms with Gasteiger partial charge in [-0.1, -0.05) is 36.4 Å². The van der Waals surface area contributed by atoms with Gasteiger partial charge in [-0.3, -0.25) is 4.90 Å². The van der Waals surface area contributed by atoms with Crippen molar-refractivity contribution < 1.29 is 4.74 Å². The van der Waals surface area contributed by atoms with Crippen LogP contribution in [0.5, 0.6) is 5.75 Å². The molecule has 0 amide bonds. The van der Waals surface area contributed by atoms with Gasteiger partial charge < -0.3 is 10.1 Å². The van der Waals surface area contributed by atoms with E-state index >= 15 is 0 Å². The summed E-state index contributed by atoms with van der Waals surface area (Å²) in [6.45, 7) is 4.76. The first-order valence-electron chi connectivity index (χ1n) is 7.68. The zero-order chi connectivity index (χ0) is 14.1. The molecule has 2 aliphatic heterocycles. The van der Waals surface area contributed by atoms with E-state index in [1.165, 1.54) is 16.7 Å². The quantitative estimate of drug-likeness (QED) is 0.915. The van der Waals surface area contributed by atoms with E-state index in [0.717, 1.165) is 50.6 Å². The van der Waals surface area contributed by atoms with Gasteiger partial charge in [0.15, 0.2) is 0 Å². The van der Waals surface area contributed by atoms with E-state index in [1.54, 1.807) is 0 Å². The second kappa shape index (κ2) is 5.41. The Morgan fingerprint density at radius 3 is 2.90 bits per heavy atom. The lowest BCUT2D eigenvalue weighted by atomic mass is 9.99. The highest BCUT2D eigenvalue weighted by atomic mass is 16.5. The molecular formula is C18H20N2O. The zero-order valence-corrected chi connectivity index (χ0v) is 12.1. The Labute approximate surface area is 125 Å². The lowest BCUT2D eigenvalue weighted by Gasteiger charge is -2.30. The minimum absolute atomic E-state index is 0.757. The van der Waals surface area contributed by atoms with Crippen molar-refractivity contribution in [1.29, 1.82) is 0 Å². The van der Waals surface area contributed by atoms with Gasteiger partial charge in [0.25, 0.3) is 0 Å². The third-order valence-corrected chi connectivity index (χ3v) is 4.36. The minimum atomic E-state index is 0.757. The average Bonchev–Trinajstić information content (AvgIpc) is 2.55. The van der Waals surface area contributed by atoms with E-state index in [0.29, 0.717) is 0 Å². The standard InChI is InChI=1S/C18H20N2O/c1-2-5-15-12-20(10-8-14(15)4-1)13-16-6-3-7-17-18(16)21-11-9-19-17/h1-7,19H,8-13H2. The SMILES string of the molecule is c1ccc2c(c1)CCN(Cc1cccc3c1OCCN3)C2. The fraction of sp³-hybridized carbons (Fsp3) is 0.333. The van der Waals surface area contributed by atoms with Gasteiger partial charge in [-0.05, 0) is 23.6 Å². The van der Waals surface area contributed by atoms with Crippen LogP contribution in [0.2, 0.25) is 0 Å². The number of ether oxygens (including phenoxy) is 1. The molecule has 0 spiro atoms. The molecule has 2 aliphatic rings. The number of nitrogens with zero attached hydrogens (tertiary/aromatic N) is 1. The lowest BCUT2D eigenvalue weighted by Crippen LogP contribution is -2.30. The summed E-state index contributed by atoms with van der Waals surface area (Å²) in [5, 5.41) is 3.41. The molecule has 0 aromatic heterocycles. The molecule has 0 aliphatic carbocycles. The van der Waals surface area contributed by atoms with Crippen LogP contribution < -0.4 is 10.1 Å². The predicted molar refractivity (Wildman–Crippen MR) is 84.7 cm³/mol. The van der Waals surface area contributed by atoms with Crippen molar-refractivity contribution in [1.82, 2.24) is 4.90 Å². The van der Waals surface area contributed by atoms with E-state index in [4.69, 9.17) is 4.74 Å². The number of fused-ring (bicyclic) bond motifs is 2. The van der Waals surface area contributed by atoms with Crippen molar-refractivity contribution in [3.63, 3.8) is 0 Å². The number of anilines is 1. The largest absolute Gasteiger partial charge is 0.489 e. The molecule has 2 heterocycles. The topological polar surface area (TPSA) is 24.5 Å². The third kappa shape index (κ3) is 2.49. The summed E-state index contributed by atoms with van der Waals surface area (Å²) in [4.78, 5) is 2.51. The average molecular weight is 280 g/mol. The van der Waals surface area contributed by atoms with Crippen molar-refractivity contribution in [3.8, 4) is 5.75 Å². The summed E-state index contributed by atoms with van der Waals surface area (Å²) < 4.78 is 5.88. The highest BCUT2D eigenvalue weighted by Gasteiger charge is 2.19. The number of benzene rings is 2. The normalized spacial score (nSPS) is 17.3. The van der Waals surface area contributed by atoms with Gasteiger partial charge in [0.2, 0.25) is 0 Å². The molecule has 0 saturated heterocycles. The van der Waals surface area contributed by atoms with E-state index in [-0.39, 0.29) is 0 Å². The Balaban J connectivity index is 1.55. The van der Waals surface area contributed by atoms with Gasteiger partial charge in [-0.2, -0.15) is 0 Å². The van der Waals surface area contributed by atoms with Gasteiger partial charge in [0.05, 0.1) is 5.69 Å². The van der Waals surface area contributed by atoms with Crippen LogP contribution in [-0.2, 0) is 19.5 Å². The molecule has 3 nitrogen and oxygen atoms in total. The number of hydrogen-bond donors (Lipinski definition) is 1. The summed E-state index contributed by atoms with van der Waals surface area (Å²) in [5.74, 6) is 1.04. The molecule has 1 N–H and O–H groups in total. The fourth-order valence-electron chi connectivity index (χ4n) is 3.29. The Morgan fingerprint density at radius 2 is 1.95 bits per heavy atom. The van der Waals surface area contributed by atoms with Crippen LogP contribution in [0.3, 0.4) is 0 Å². The molecule has 0 fully saturated rings. The first kappa shape index (κ1) is 12.7. The molecule has 4 rings (SSSR count). The highest BCUT2D eigenvalue weighted by Crippen LogP contribution is 2.32. The van der Waals surface area contributed by atoms with Crippen LogP contribution in [0.1, 0.15) is 16.7 Å². The van der Waals surface area contributed by atoms with Gasteiger partial charge in [0, 0.05) is 31.7 Å². The van der Waals surface area contributed by atoms with Crippen molar-refractivity contribution in [3.05, 3.63) is 59.2 Å². The van der Waals surface area contributed by atoms with Crippen molar-refractivity contribution in [2.75, 3.05) is 25.0 Å². The monoisotopic (exact) mass is 280 g/mol. The smallest absolute Gasteiger partial charge is 0.146 e. The van der Waals surface area contributed by atoms with Crippen LogP contribution in [0.4, 0.5) is 5.69 Å². The molecule has 0 radical (unpaired) electrons. The number of rotatable bonds is 2.